The third-order valence-corrected chi connectivity index (χ3v) is 3.50. The zero-order valence-electron chi connectivity index (χ0n) is 13.2. The quantitative estimate of drug-likeness (QED) is 0.828. The number of pyridine rings is 1. The first-order valence-corrected chi connectivity index (χ1v) is 7.34. The zero-order chi connectivity index (χ0) is 15.9. The third kappa shape index (κ3) is 3.95. The van der Waals surface area contributed by atoms with E-state index in [0.717, 1.165) is 23.4 Å². The number of carbonyl (C=O) groups excluding carboxylic acids is 1. The lowest BCUT2D eigenvalue weighted by atomic mass is 10.0. The lowest BCUT2D eigenvalue weighted by molar-refractivity contribution is -0.111. The monoisotopic (exact) mass is 295 g/mol. The molecule has 0 fully saturated rings. The Hall–Kier alpha value is -2.62. The molecule has 0 aliphatic rings. The second-order valence-corrected chi connectivity index (χ2v) is 5.04. The van der Waals surface area contributed by atoms with Gasteiger partial charge in [0.1, 0.15) is 0 Å². The van der Waals surface area contributed by atoms with Crippen LogP contribution in [-0.4, -0.2) is 17.9 Å². The fourth-order valence-corrected chi connectivity index (χ4v) is 2.26. The first kappa shape index (κ1) is 15.8. The molecule has 0 atom stereocenters. The van der Waals surface area contributed by atoms with E-state index in [2.05, 4.69) is 35.5 Å². The maximum atomic E-state index is 12.1. The van der Waals surface area contributed by atoms with Crippen LogP contribution in [0.1, 0.15) is 23.6 Å². The van der Waals surface area contributed by atoms with Crippen molar-refractivity contribution in [2.45, 2.75) is 20.3 Å². The van der Waals surface area contributed by atoms with Gasteiger partial charge in [-0.2, -0.15) is 0 Å². The summed E-state index contributed by atoms with van der Waals surface area (Å²) in [5.41, 5.74) is 5.05. The SMILES string of the molecule is CCc1cc(NC(=O)/C=C/c2cccnc2)c(NC)cc1C. The minimum atomic E-state index is -0.161. The van der Waals surface area contributed by atoms with Crippen LogP contribution in [0.25, 0.3) is 6.08 Å². The molecule has 1 amide bonds. The van der Waals surface area contributed by atoms with Gasteiger partial charge < -0.3 is 10.6 Å². The summed E-state index contributed by atoms with van der Waals surface area (Å²) in [6, 6.07) is 7.82. The molecule has 1 heterocycles. The van der Waals surface area contributed by atoms with Crippen LogP contribution in [0.2, 0.25) is 0 Å². The van der Waals surface area contributed by atoms with Gasteiger partial charge in [-0.1, -0.05) is 13.0 Å². The molecule has 2 N–H and O–H groups in total. The number of rotatable bonds is 5. The lowest BCUT2D eigenvalue weighted by Gasteiger charge is -2.13. The summed E-state index contributed by atoms with van der Waals surface area (Å²) in [5.74, 6) is -0.161. The predicted molar refractivity (Wildman–Crippen MR) is 92.0 cm³/mol. The molecule has 4 heteroatoms. The highest BCUT2D eigenvalue weighted by atomic mass is 16.1. The average molecular weight is 295 g/mol. The number of hydrogen-bond acceptors (Lipinski definition) is 3. The molecule has 0 spiro atoms. The van der Waals surface area contributed by atoms with Crippen LogP contribution in [0.3, 0.4) is 0 Å². The Kier molecular flexibility index (Phi) is 5.31. The Morgan fingerprint density at radius 1 is 1.32 bits per heavy atom. The first-order chi connectivity index (χ1) is 10.6. The van der Waals surface area contributed by atoms with Gasteiger partial charge in [-0.25, -0.2) is 0 Å². The molecular weight excluding hydrogens is 274 g/mol. The number of nitrogens with zero attached hydrogens (tertiary/aromatic N) is 1. The standard InChI is InChI=1S/C18H21N3O/c1-4-15-11-17(16(19-3)10-13(15)2)21-18(22)8-7-14-6-5-9-20-12-14/h5-12,19H,4H2,1-3H3,(H,21,22)/b8-7+. The summed E-state index contributed by atoms with van der Waals surface area (Å²) in [6.07, 6.45) is 7.61. The van der Waals surface area contributed by atoms with E-state index in [-0.39, 0.29) is 5.91 Å². The van der Waals surface area contributed by atoms with E-state index >= 15 is 0 Å². The van der Waals surface area contributed by atoms with Crippen LogP contribution in [0.5, 0.6) is 0 Å². The molecule has 0 bridgehead atoms. The molecule has 4 nitrogen and oxygen atoms in total. The van der Waals surface area contributed by atoms with E-state index < -0.39 is 0 Å². The van der Waals surface area contributed by atoms with Gasteiger partial charge in [0.05, 0.1) is 11.4 Å². The van der Waals surface area contributed by atoms with E-state index in [9.17, 15) is 4.79 Å². The minimum Gasteiger partial charge on any atom is -0.386 e. The second-order valence-electron chi connectivity index (χ2n) is 5.04. The van der Waals surface area contributed by atoms with E-state index in [1.165, 1.54) is 17.2 Å². The van der Waals surface area contributed by atoms with Crippen LogP contribution in [0, 0.1) is 6.92 Å². The summed E-state index contributed by atoms with van der Waals surface area (Å²) in [5, 5.41) is 6.04. The molecule has 2 aromatic rings. The van der Waals surface area contributed by atoms with Crippen LogP contribution in [0.4, 0.5) is 11.4 Å². The van der Waals surface area contributed by atoms with Gasteiger partial charge in [0.25, 0.3) is 0 Å². The number of aryl methyl sites for hydroxylation is 2. The average Bonchev–Trinajstić information content (AvgIpc) is 2.55. The Morgan fingerprint density at radius 3 is 2.77 bits per heavy atom. The number of hydrogen-bond donors (Lipinski definition) is 2. The molecular formula is C18H21N3O. The number of nitrogens with one attached hydrogen (secondary N) is 2. The molecule has 2 rings (SSSR count). The summed E-state index contributed by atoms with van der Waals surface area (Å²) in [7, 11) is 1.85. The van der Waals surface area contributed by atoms with Crippen molar-refractivity contribution in [3.8, 4) is 0 Å². The molecule has 114 valence electrons. The predicted octanol–water partition coefficient (Wildman–Crippen LogP) is 3.65. The van der Waals surface area contributed by atoms with Gasteiger partial charge in [0, 0.05) is 25.5 Å². The summed E-state index contributed by atoms with van der Waals surface area (Å²) < 4.78 is 0. The molecule has 0 aliphatic carbocycles. The zero-order valence-corrected chi connectivity index (χ0v) is 13.2. The molecule has 0 saturated heterocycles. The van der Waals surface area contributed by atoms with Gasteiger partial charge in [-0.05, 0) is 54.3 Å². The lowest BCUT2D eigenvalue weighted by Crippen LogP contribution is -2.10. The number of anilines is 2. The van der Waals surface area contributed by atoms with Crippen molar-refractivity contribution in [2.24, 2.45) is 0 Å². The molecule has 1 aromatic heterocycles. The largest absolute Gasteiger partial charge is 0.386 e. The number of benzene rings is 1. The molecule has 0 unspecified atom stereocenters. The van der Waals surface area contributed by atoms with Crippen LogP contribution in [-0.2, 0) is 11.2 Å². The summed E-state index contributed by atoms with van der Waals surface area (Å²) in [6.45, 7) is 4.18. The molecule has 1 aromatic carbocycles. The van der Waals surface area contributed by atoms with Gasteiger partial charge in [0.15, 0.2) is 0 Å². The Balaban J connectivity index is 2.16. The van der Waals surface area contributed by atoms with Gasteiger partial charge in [-0.3, -0.25) is 9.78 Å². The Morgan fingerprint density at radius 2 is 2.14 bits per heavy atom. The highest BCUT2D eigenvalue weighted by Crippen LogP contribution is 2.26. The second kappa shape index (κ2) is 7.41. The molecule has 0 aliphatic heterocycles. The van der Waals surface area contributed by atoms with E-state index in [4.69, 9.17) is 0 Å². The normalized spacial score (nSPS) is 10.7. The van der Waals surface area contributed by atoms with E-state index in [1.54, 1.807) is 18.5 Å². The van der Waals surface area contributed by atoms with Crippen LogP contribution >= 0.6 is 0 Å². The topological polar surface area (TPSA) is 54.0 Å². The fourth-order valence-electron chi connectivity index (χ4n) is 2.26. The van der Waals surface area contributed by atoms with Crippen molar-refractivity contribution in [1.82, 2.24) is 4.98 Å². The third-order valence-electron chi connectivity index (χ3n) is 3.50. The van der Waals surface area contributed by atoms with Crippen LogP contribution in [0.15, 0.2) is 42.7 Å². The number of amides is 1. The smallest absolute Gasteiger partial charge is 0.248 e. The van der Waals surface area contributed by atoms with Gasteiger partial charge >= 0.3 is 0 Å². The van der Waals surface area contributed by atoms with Crippen LogP contribution < -0.4 is 10.6 Å². The first-order valence-electron chi connectivity index (χ1n) is 7.34. The molecule has 22 heavy (non-hydrogen) atoms. The highest BCUT2D eigenvalue weighted by molar-refractivity contribution is 6.03. The van der Waals surface area contributed by atoms with E-state index in [0.29, 0.717) is 0 Å². The highest BCUT2D eigenvalue weighted by Gasteiger charge is 2.07. The minimum absolute atomic E-state index is 0.161. The van der Waals surface area contributed by atoms with Crippen molar-refractivity contribution in [3.63, 3.8) is 0 Å². The van der Waals surface area contributed by atoms with Crippen molar-refractivity contribution in [1.29, 1.82) is 0 Å². The number of carbonyl (C=O) groups is 1. The molecule has 0 saturated carbocycles. The maximum absolute atomic E-state index is 12.1. The van der Waals surface area contributed by atoms with Gasteiger partial charge in [0.2, 0.25) is 5.91 Å². The van der Waals surface area contributed by atoms with E-state index in [1.807, 2.05) is 25.2 Å². The summed E-state index contributed by atoms with van der Waals surface area (Å²) in [4.78, 5) is 16.1. The van der Waals surface area contributed by atoms with Crippen molar-refractivity contribution >= 4 is 23.4 Å². The van der Waals surface area contributed by atoms with Crippen molar-refractivity contribution in [2.75, 3.05) is 17.7 Å². The Bertz CT molecular complexity index is 678. The number of aromatic nitrogens is 1. The van der Waals surface area contributed by atoms with Gasteiger partial charge in [-0.15, -0.1) is 0 Å². The fraction of sp³-hybridized carbons (Fsp3) is 0.222. The molecule has 0 radical (unpaired) electrons. The Labute approximate surface area is 131 Å². The maximum Gasteiger partial charge on any atom is 0.248 e. The van der Waals surface area contributed by atoms with Crippen molar-refractivity contribution < 1.29 is 4.79 Å². The summed E-state index contributed by atoms with van der Waals surface area (Å²) >= 11 is 0. The van der Waals surface area contributed by atoms with Crippen molar-refractivity contribution in [3.05, 3.63) is 59.4 Å².